The van der Waals surface area contributed by atoms with Gasteiger partial charge in [0.1, 0.15) is 11.6 Å². The number of aliphatic hydroxyl groups excluding tert-OH is 1. The topological polar surface area (TPSA) is 103 Å². The van der Waals surface area contributed by atoms with Crippen LogP contribution in [0.4, 0.5) is 13.2 Å². The second-order valence-corrected chi connectivity index (χ2v) is 11.2. The van der Waals surface area contributed by atoms with Gasteiger partial charge < -0.3 is 15.8 Å². The molecule has 39 heavy (non-hydrogen) atoms. The number of aliphatic hydroxyl groups is 1. The van der Waals surface area contributed by atoms with Crippen molar-refractivity contribution >= 4 is 11.6 Å². The van der Waals surface area contributed by atoms with Crippen LogP contribution in [0, 0.1) is 11.6 Å². The molecule has 1 amide bonds. The number of nitrogens with two attached hydrogens (primary N) is 1. The highest BCUT2D eigenvalue weighted by atomic mass is 19.1. The molecule has 2 atom stereocenters. The molecule has 0 radical (unpaired) electrons. The van der Waals surface area contributed by atoms with Crippen LogP contribution >= 0.6 is 0 Å². The summed E-state index contributed by atoms with van der Waals surface area (Å²) in [4.78, 5) is 12.1. The number of carbonyl (C=O) groups is 1. The minimum absolute atomic E-state index is 0.00792. The van der Waals surface area contributed by atoms with Gasteiger partial charge >= 0.3 is 0 Å². The summed E-state index contributed by atoms with van der Waals surface area (Å²) < 4.78 is 40.9. The molecule has 0 bridgehead atoms. The Balaban J connectivity index is 1.90. The summed E-state index contributed by atoms with van der Waals surface area (Å²) in [6.45, 7) is 5.08. The Labute approximate surface area is 228 Å². The third-order valence-electron chi connectivity index (χ3n) is 7.45. The van der Waals surface area contributed by atoms with E-state index in [0.717, 1.165) is 42.3 Å². The zero-order valence-electron chi connectivity index (χ0n) is 23.1. The van der Waals surface area contributed by atoms with Gasteiger partial charge in [0.2, 0.25) is 0 Å². The highest BCUT2D eigenvalue weighted by Gasteiger charge is 2.38. The normalized spacial score (nSPS) is 19.4. The minimum Gasteiger partial charge on any atom is -0.390 e. The van der Waals surface area contributed by atoms with Crippen molar-refractivity contribution < 1.29 is 23.1 Å². The lowest BCUT2D eigenvalue weighted by atomic mass is 9.74. The number of alkyl halides is 1. The molecular weight excluding hydrogens is 507 g/mol. The van der Waals surface area contributed by atoms with Crippen LogP contribution in [-0.4, -0.2) is 54.1 Å². The Kier molecular flexibility index (Phi) is 10.1. The maximum atomic E-state index is 13.8. The zero-order valence-corrected chi connectivity index (χ0v) is 23.1. The molecule has 1 aliphatic carbocycles. The van der Waals surface area contributed by atoms with Gasteiger partial charge in [0.25, 0.3) is 5.91 Å². The number of hydrogen-bond donors (Lipinski definition) is 4. The standard InChI is InChI=1S/C29H40F3N5O2/c1-28(2,3)20-6-5-7-21(15-20)29(10-8-24(9-11-29)36-34-4)35-18-26(38)25(37(33)27(39)17-30)14-19-12-22(31)16-23(32)13-19/h5-7,12-13,15-16,25-26,34-35,38H,8-11,14,17-18,33H2,1-4H3. The predicted molar refractivity (Wildman–Crippen MR) is 147 cm³/mol. The smallest absolute Gasteiger partial charge is 0.268 e. The number of hydrazine groups is 1. The van der Waals surface area contributed by atoms with Crippen LogP contribution in [0.15, 0.2) is 47.6 Å². The second kappa shape index (κ2) is 12.9. The van der Waals surface area contributed by atoms with Gasteiger partial charge in [0, 0.05) is 30.9 Å². The van der Waals surface area contributed by atoms with Crippen LogP contribution in [0.5, 0.6) is 0 Å². The average molecular weight is 548 g/mol. The molecule has 214 valence electrons. The van der Waals surface area contributed by atoms with Gasteiger partial charge in [-0.05, 0) is 66.3 Å². The van der Waals surface area contributed by atoms with Crippen molar-refractivity contribution in [1.29, 1.82) is 0 Å². The largest absolute Gasteiger partial charge is 0.390 e. The lowest BCUT2D eigenvalue weighted by Gasteiger charge is -2.41. The second-order valence-electron chi connectivity index (χ2n) is 11.2. The summed E-state index contributed by atoms with van der Waals surface area (Å²) >= 11 is 0. The maximum Gasteiger partial charge on any atom is 0.268 e. The molecule has 5 N–H and O–H groups in total. The molecule has 1 aliphatic rings. The summed E-state index contributed by atoms with van der Waals surface area (Å²) in [7, 11) is 1.76. The first-order valence-corrected chi connectivity index (χ1v) is 13.2. The third kappa shape index (κ3) is 7.80. The van der Waals surface area contributed by atoms with E-state index in [2.05, 4.69) is 54.8 Å². The Morgan fingerprint density at radius 3 is 2.36 bits per heavy atom. The van der Waals surface area contributed by atoms with Crippen molar-refractivity contribution in [3.8, 4) is 0 Å². The summed E-state index contributed by atoms with van der Waals surface area (Å²) in [5.41, 5.74) is 5.76. The SMILES string of the molecule is CNN=C1CCC(NCC(O)C(Cc2cc(F)cc(F)c2)N(N)C(=O)CF)(c2cccc(C(C)(C)C)c2)CC1. The number of benzene rings is 2. The van der Waals surface area contributed by atoms with Crippen LogP contribution in [0.2, 0.25) is 0 Å². The molecule has 7 nitrogen and oxygen atoms in total. The average Bonchev–Trinajstić information content (AvgIpc) is 2.89. The number of hydrazone groups is 1. The van der Waals surface area contributed by atoms with Gasteiger partial charge in [-0.15, -0.1) is 0 Å². The highest BCUT2D eigenvalue weighted by molar-refractivity contribution is 5.85. The van der Waals surface area contributed by atoms with Crippen molar-refractivity contribution in [3.05, 3.63) is 70.8 Å². The Morgan fingerprint density at radius 1 is 1.15 bits per heavy atom. The van der Waals surface area contributed by atoms with E-state index in [1.165, 1.54) is 5.56 Å². The van der Waals surface area contributed by atoms with Crippen molar-refractivity contribution in [1.82, 2.24) is 15.8 Å². The third-order valence-corrected chi connectivity index (χ3v) is 7.45. The van der Waals surface area contributed by atoms with Crippen molar-refractivity contribution in [2.45, 2.75) is 76.0 Å². The Bertz CT molecular complexity index is 1140. The summed E-state index contributed by atoms with van der Waals surface area (Å²) in [5, 5.41) is 19.8. The number of hydrogen-bond acceptors (Lipinski definition) is 6. The van der Waals surface area contributed by atoms with Crippen LogP contribution in [-0.2, 0) is 22.2 Å². The van der Waals surface area contributed by atoms with Crippen molar-refractivity contribution in [3.63, 3.8) is 0 Å². The molecule has 2 aromatic carbocycles. The number of halogens is 3. The van der Waals surface area contributed by atoms with Crippen molar-refractivity contribution in [2.24, 2.45) is 10.9 Å². The summed E-state index contributed by atoms with van der Waals surface area (Å²) in [5.74, 6) is 3.29. The molecule has 1 saturated carbocycles. The summed E-state index contributed by atoms with van der Waals surface area (Å²) in [6.07, 6.45) is 1.47. The van der Waals surface area contributed by atoms with Gasteiger partial charge in [-0.2, -0.15) is 5.10 Å². The molecule has 0 heterocycles. The fraction of sp³-hybridized carbons (Fsp3) is 0.517. The molecule has 0 aliphatic heterocycles. The van der Waals surface area contributed by atoms with E-state index >= 15 is 0 Å². The van der Waals surface area contributed by atoms with Gasteiger partial charge in [-0.3, -0.25) is 9.80 Å². The minimum atomic E-state index is -1.36. The number of amides is 1. The van der Waals surface area contributed by atoms with E-state index in [9.17, 15) is 23.1 Å². The lowest BCUT2D eigenvalue weighted by Crippen LogP contribution is -2.57. The van der Waals surface area contributed by atoms with Gasteiger partial charge in [-0.25, -0.2) is 19.0 Å². The zero-order chi connectivity index (χ0) is 28.8. The fourth-order valence-corrected chi connectivity index (χ4v) is 5.17. The van der Waals surface area contributed by atoms with Crippen LogP contribution in [0.1, 0.15) is 63.1 Å². The van der Waals surface area contributed by atoms with Crippen molar-refractivity contribution in [2.75, 3.05) is 20.3 Å². The van der Waals surface area contributed by atoms with E-state index in [0.29, 0.717) is 17.9 Å². The number of rotatable bonds is 10. The van der Waals surface area contributed by atoms with E-state index < -0.39 is 41.9 Å². The molecular formula is C29H40F3N5O2. The van der Waals surface area contributed by atoms with Crippen LogP contribution < -0.4 is 16.6 Å². The first-order chi connectivity index (χ1) is 18.4. The summed E-state index contributed by atoms with van der Waals surface area (Å²) in [6, 6.07) is 10.2. The van der Waals surface area contributed by atoms with Gasteiger partial charge in [-0.1, -0.05) is 45.0 Å². The molecule has 2 aromatic rings. The molecule has 1 fully saturated rings. The quantitative estimate of drug-likeness (QED) is 0.206. The monoisotopic (exact) mass is 547 g/mol. The van der Waals surface area contributed by atoms with E-state index in [1.807, 2.05) is 6.07 Å². The Morgan fingerprint density at radius 2 is 1.79 bits per heavy atom. The van der Waals surface area contributed by atoms with Crippen LogP contribution in [0.25, 0.3) is 0 Å². The van der Waals surface area contributed by atoms with E-state index in [1.54, 1.807) is 7.05 Å². The molecule has 0 aromatic heterocycles. The molecule has 10 heteroatoms. The first-order valence-electron chi connectivity index (χ1n) is 13.2. The molecule has 3 rings (SSSR count). The molecule has 2 unspecified atom stereocenters. The van der Waals surface area contributed by atoms with Crippen LogP contribution in [0.3, 0.4) is 0 Å². The number of carbonyl (C=O) groups excluding carboxylic acids is 1. The van der Waals surface area contributed by atoms with E-state index in [-0.39, 0.29) is 23.9 Å². The van der Waals surface area contributed by atoms with Gasteiger partial charge in [0.15, 0.2) is 6.67 Å². The van der Waals surface area contributed by atoms with Gasteiger partial charge in [0.05, 0.1) is 12.1 Å². The lowest BCUT2D eigenvalue weighted by molar-refractivity contribution is -0.137. The Hall–Kier alpha value is -2.95. The molecule has 0 saturated heterocycles. The fourth-order valence-electron chi connectivity index (χ4n) is 5.17. The molecule has 0 spiro atoms. The maximum absolute atomic E-state index is 13.8. The number of nitrogens with zero attached hydrogens (tertiary/aromatic N) is 2. The van der Waals surface area contributed by atoms with E-state index in [4.69, 9.17) is 5.84 Å². The number of nitrogens with one attached hydrogen (secondary N) is 2. The first kappa shape index (κ1) is 30.6. The highest BCUT2D eigenvalue weighted by Crippen LogP contribution is 2.38. The predicted octanol–water partition coefficient (Wildman–Crippen LogP) is 3.84.